The zero-order valence-electron chi connectivity index (χ0n) is 11.8. The Morgan fingerprint density at radius 3 is 1.89 bits per heavy atom. The van der Waals surface area contributed by atoms with E-state index in [1.807, 2.05) is 0 Å². The highest BCUT2D eigenvalue weighted by molar-refractivity contribution is 5.70. The van der Waals surface area contributed by atoms with Gasteiger partial charge < -0.3 is 14.4 Å². The second-order valence-corrected chi connectivity index (χ2v) is 5.34. The van der Waals surface area contributed by atoms with Crippen LogP contribution in [0.1, 0.15) is 45.4 Å². The van der Waals surface area contributed by atoms with E-state index in [0.29, 0.717) is 0 Å². The fraction of sp³-hybridized carbons (Fsp3) is 0.923. The van der Waals surface area contributed by atoms with Gasteiger partial charge in [0.1, 0.15) is 5.97 Å². The van der Waals surface area contributed by atoms with Crippen molar-refractivity contribution in [3.63, 3.8) is 0 Å². The van der Waals surface area contributed by atoms with Crippen molar-refractivity contribution in [1.29, 1.82) is 0 Å². The Labute approximate surface area is 113 Å². The topological polar surface area (TPSA) is 40.1 Å². The first-order valence-electron chi connectivity index (χ1n) is 6.83. The van der Waals surface area contributed by atoms with Gasteiger partial charge in [-0.25, -0.2) is 0 Å². The molecule has 1 aliphatic heterocycles. The van der Waals surface area contributed by atoms with Crippen molar-refractivity contribution in [1.82, 2.24) is 0 Å². The predicted octanol–water partition coefficient (Wildman–Crippen LogP) is 2.11. The zero-order valence-corrected chi connectivity index (χ0v) is 11.8. The van der Waals surface area contributed by atoms with Gasteiger partial charge in [-0.1, -0.05) is 13.3 Å². The molecule has 0 N–H and O–H groups in total. The second-order valence-electron chi connectivity index (χ2n) is 5.34. The van der Waals surface area contributed by atoms with Gasteiger partial charge in [0.25, 0.3) is 0 Å². The highest BCUT2D eigenvalue weighted by Crippen LogP contribution is 2.16. The van der Waals surface area contributed by atoms with Crippen LogP contribution < -0.4 is 5.11 Å². The van der Waals surface area contributed by atoms with Crippen LogP contribution in [0.5, 0.6) is 0 Å². The SMILES string of the molecule is CCCC[N+]1(C)CCCCCC1.O=C([O-])C(F)(F)F. The van der Waals surface area contributed by atoms with Crippen LogP contribution in [-0.2, 0) is 4.79 Å². The van der Waals surface area contributed by atoms with Crippen LogP contribution in [0.4, 0.5) is 13.2 Å². The number of likely N-dealkylation sites (tertiary alicyclic amines) is 1. The predicted molar refractivity (Wildman–Crippen MR) is 65.2 cm³/mol. The van der Waals surface area contributed by atoms with Gasteiger partial charge in [0.05, 0.1) is 26.7 Å². The van der Waals surface area contributed by atoms with Crippen LogP contribution in [0, 0.1) is 0 Å². The molecule has 0 aromatic rings. The number of rotatable bonds is 3. The molecule has 0 aromatic heterocycles. The summed E-state index contributed by atoms with van der Waals surface area (Å²) in [4.78, 5) is 8.78. The van der Waals surface area contributed by atoms with Gasteiger partial charge >= 0.3 is 6.18 Å². The van der Waals surface area contributed by atoms with Crippen LogP contribution >= 0.6 is 0 Å². The van der Waals surface area contributed by atoms with Crippen molar-refractivity contribution in [3.05, 3.63) is 0 Å². The molecule has 114 valence electrons. The van der Waals surface area contributed by atoms with E-state index >= 15 is 0 Å². The Hall–Kier alpha value is -0.780. The van der Waals surface area contributed by atoms with Gasteiger partial charge in [-0.15, -0.1) is 0 Å². The first kappa shape index (κ1) is 18.2. The van der Waals surface area contributed by atoms with E-state index in [0.717, 1.165) is 0 Å². The molecule has 6 heteroatoms. The normalized spacial score (nSPS) is 19.0. The van der Waals surface area contributed by atoms with Gasteiger partial charge in [0.15, 0.2) is 0 Å². The number of carbonyl (C=O) groups excluding carboxylic acids is 1. The first-order valence-corrected chi connectivity index (χ1v) is 6.83. The number of hydrogen-bond acceptors (Lipinski definition) is 2. The fourth-order valence-electron chi connectivity index (χ4n) is 2.22. The van der Waals surface area contributed by atoms with E-state index in [2.05, 4.69) is 14.0 Å². The van der Waals surface area contributed by atoms with Crippen molar-refractivity contribution in [3.8, 4) is 0 Å². The molecule has 1 fully saturated rings. The quantitative estimate of drug-likeness (QED) is 0.744. The van der Waals surface area contributed by atoms with E-state index in [-0.39, 0.29) is 0 Å². The number of alkyl halides is 3. The van der Waals surface area contributed by atoms with Gasteiger partial charge in [-0.3, -0.25) is 0 Å². The molecule has 0 unspecified atom stereocenters. The minimum Gasteiger partial charge on any atom is -0.542 e. The molecule has 1 heterocycles. The summed E-state index contributed by atoms with van der Waals surface area (Å²) in [7, 11) is 2.45. The molecule has 1 aliphatic rings. The zero-order chi connectivity index (χ0) is 14.9. The number of carboxylic acids is 1. The summed E-state index contributed by atoms with van der Waals surface area (Å²) in [6, 6.07) is 0. The van der Waals surface area contributed by atoms with Crippen LogP contribution in [0.15, 0.2) is 0 Å². The van der Waals surface area contributed by atoms with E-state index in [9.17, 15) is 13.2 Å². The lowest BCUT2D eigenvalue weighted by Gasteiger charge is -2.33. The summed E-state index contributed by atoms with van der Waals surface area (Å²) in [5, 5.41) is 8.78. The van der Waals surface area contributed by atoms with E-state index in [4.69, 9.17) is 9.90 Å². The van der Waals surface area contributed by atoms with Gasteiger partial charge in [-0.2, -0.15) is 13.2 Å². The number of halogens is 3. The Morgan fingerprint density at radius 2 is 1.58 bits per heavy atom. The Bertz CT molecular complexity index is 259. The largest absolute Gasteiger partial charge is 0.542 e. The number of carboxylic acid groups (broad SMARTS) is 1. The summed E-state index contributed by atoms with van der Waals surface area (Å²) >= 11 is 0. The van der Waals surface area contributed by atoms with Gasteiger partial charge in [-0.05, 0) is 32.1 Å². The standard InChI is InChI=1S/C11H24N.C2HF3O2/c1-3-4-9-12(2)10-7-5-6-8-11-12;3-2(4,5)1(6)7/h3-11H2,1-2H3;(H,6,7)/q+1;/p-1. The minimum atomic E-state index is -5.19. The minimum absolute atomic E-state index is 1.36. The molecule has 3 nitrogen and oxygen atoms in total. The average Bonchev–Trinajstić information content (AvgIpc) is 2.52. The fourth-order valence-corrected chi connectivity index (χ4v) is 2.22. The van der Waals surface area contributed by atoms with Crippen LogP contribution in [0.2, 0.25) is 0 Å². The third kappa shape index (κ3) is 8.86. The van der Waals surface area contributed by atoms with Crippen molar-refractivity contribution >= 4 is 5.97 Å². The van der Waals surface area contributed by atoms with Crippen molar-refractivity contribution in [2.75, 3.05) is 26.7 Å². The highest BCUT2D eigenvalue weighted by Gasteiger charge is 2.28. The maximum absolute atomic E-state index is 10.5. The lowest BCUT2D eigenvalue weighted by atomic mass is 10.2. The molecule has 0 spiro atoms. The Balaban J connectivity index is 0.000000399. The number of hydrogen-bond donors (Lipinski definition) is 0. The van der Waals surface area contributed by atoms with E-state index in [1.165, 1.54) is 62.6 Å². The van der Waals surface area contributed by atoms with Gasteiger partial charge in [0, 0.05) is 0 Å². The molecule has 0 atom stereocenters. The summed E-state index contributed by atoms with van der Waals surface area (Å²) < 4.78 is 32.9. The summed E-state index contributed by atoms with van der Waals surface area (Å²) in [6.45, 7) is 6.57. The Morgan fingerprint density at radius 1 is 1.16 bits per heavy atom. The summed E-state index contributed by atoms with van der Waals surface area (Å²) in [6.07, 6.45) is 3.44. The number of aliphatic carboxylic acids is 1. The number of quaternary nitrogens is 1. The van der Waals surface area contributed by atoms with Crippen molar-refractivity contribution < 1.29 is 27.6 Å². The van der Waals surface area contributed by atoms with Crippen molar-refractivity contribution in [2.24, 2.45) is 0 Å². The maximum atomic E-state index is 10.5. The molecule has 0 radical (unpaired) electrons. The molecule has 0 amide bonds. The summed E-state index contributed by atoms with van der Waals surface area (Å²) in [5.74, 6) is -3.01. The molecular formula is C13H24F3NO2. The van der Waals surface area contributed by atoms with Crippen LogP contribution in [0.3, 0.4) is 0 Å². The molecule has 1 saturated heterocycles. The molecule has 0 saturated carbocycles. The molecule has 1 rings (SSSR count). The lowest BCUT2D eigenvalue weighted by molar-refractivity contribution is -0.909. The van der Waals surface area contributed by atoms with E-state index in [1.54, 1.807) is 0 Å². The molecule has 19 heavy (non-hydrogen) atoms. The van der Waals surface area contributed by atoms with Crippen LogP contribution in [-0.4, -0.2) is 43.3 Å². The second kappa shape index (κ2) is 8.40. The van der Waals surface area contributed by atoms with Crippen LogP contribution in [0.25, 0.3) is 0 Å². The third-order valence-electron chi connectivity index (χ3n) is 3.43. The van der Waals surface area contributed by atoms with Gasteiger partial charge in [0.2, 0.25) is 0 Å². The molecule has 0 aromatic carbocycles. The number of nitrogens with zero attached hydrogens (tertiary/aromatic N) is 1. The number of carbonyl (C=O) groups is 1. The summed E-state index contributed by atoms with van der Waals surface area (Å²) in [5.41, 5.74) is 0. The maximum Gasteiger partial charge on any atom is 0.430 e. The smallest absolute Gasteiger partial charge is 0.430 e. The molecule has 0 bridgehead atoms. The number of unbranched alkanes of at least 4 members (excludes halogenated alkanes) is 1. The average molecular weight is 283 g/mol. The lowest BCUT2D eigenvalue weighted by Crippen LogP contribution is -2.45. The van der Waals surface area contributed by atoms with E-state index < -0.39 is 12.1 Å². The Kier molecular flexibility index (Phi) is 8.06. The first-order chi connectivity index (χ1) is 8.71. The van der Waals surface area contributed by atoms with Crippen molar-refractivity contribution in [2.45, 2.75) is 51.6 Å². The molecular weight excluding hydrogens is 259 g/mol. The third-order valence-corrected chi connectivity index (χ3v) is 3.43. The monoisotopic (exact) mass is 283 g/mol. The highest BCUT2D eigenvalue weighted by atomic mass is 19.4. The molecule has 0 aliphatic carbocycles.